The summed E-state index contributed by atoms with van der Waals surface area (Å²) in [6.07, 6.45) is 3.71. The van der Waals surface area contributed by atoms with E-state index in [4.69, 9.17) is 9.84 Å². The van der Waals surface area contributed by atoms with Gasteiger partial charge in [0.2, 0.25) is 0 Å². The predicted octanol–water partition coefficient (Wildman–Crippen LogP) is 1.36. The van der Waals surface area contributed by atoms with Crippen LogP contribution in [0.15, 0.2) is 59.7 Å². The highest BCUT2D eigenvalue weighted by atomic mass is 16.5. The second-order valence-corrected chi connectivity index (χ2v) is 6.72. The van der Waals surface area contributed by atoms with Crippen molar-refractivity contribution < 1.29 is 19.4 Å². The zero-order chi connectivity index (χ0) is 21.8. The maximum atomic E-state index is 12.6. The first kappa shape index (κ1) is 20.2. The van der Waals surface area contributed by atoms with Crippen molar-refractivity contribution in [1.82, 2.24) is 19.7 Å². The normalized spacial score (nSPS) is 10.9. The Kier molecular flexibility index (Phi) is 5.67. The summed E-state index contributed by atoms with van der Waals surface area (Å²) >= 11 is 0. The molecule has 0 saturated heterocycles. The van der Waals surface area contributed by atoms with Gasteiger partial charge in [0.05, 0.1) is 6.61 Å². The van der Waals surface area contributed by atoms with E-state index < -0.39 is 5.91 Å². The highest BCUT2D eigenvalue weighted by Gasteiger charge is 2.12. The minimum atomic E-state index is -0.499. The fraction of sp³-hybridized carbons (Fsp3) is 0.136. The lowest BCUT2D eigenvalue weighted by Gasteiger charge is -2.12. The first-order valence-corrected chi connectivity index (χ1v) is 9.47. The molecule has 4 rings (SSSR count). The van der Waals surface area contributed by atoms with Gasteiger partial charge >= 0.3 is 0 Å². The first-order valence-electron chi connectivity index (χ1n) is 9.47. The monoisotopic (exact) mass is 418 g/mol. The van der Waals surface area contributed by atoms with Crippen LogP contribution in [0.1, 0.15) is 26.4 Å². The molecule has 3 aromatic heterocycles. The number of fused-ring (bicyclic) bond motifs is 2. The largest absolute Gasteiger partial charge is 0.489 e. The molecule has 0 radical (unpaired) electrons. The number of pyridine rings is 2. The fourth-order valence-electron chi connectivity index (χ4n) is 3.17. The van der Waals surface area contributed by atoms with Crippen molar-refractivity contribution in [3.63, 3.8) is 0 Å². The van der Waals surface area contributed by atoms with Crippen molar-refractivity contribution in [2.75, 3.05) is 13.2 Å². The van der Waals surface area contributed by atoms with Crippen molar-refractivity contribution in [3.8, 4) is 5.75 Å². The lowest BCUT2D eigenvalue weighted by molar-refractivity contribution is 0.0945. The Bertz CT molecular complexity index is 1350. The van der Waals surface area contributed by atoms with E-state index in [-0.39, 0.29) is 31.0 Å². The van der Waals surface area contributed by atoms with Crippen molar-refractivity contribution >= 4 is 28.7 Å². The van der Waals surface area contributed by atoms with E-state index in [1.165, 1.54) is 16.7 Å². The zero-order valence-corrected chi connectivity index (χ0v) is 16.3. The van der Waals surface area contributed by atoms with Crippen LogP contribution in [0.4, 0.5) is 0 Å². The number of rotatable bonds is 7. The Morgan fingerprint density at radius 1 is 1.23 bits per heavy atom. The number of carbonyl (C=O) groups excluding carboxylic acids is 2. The SMILES string of the molecule is O=Cc1cnc2c(OCCO)cc(CNC(=O)c3cc(=O)n4ccccc4n3)cc2c1. The molecule has 0 fully saturated rings. The molecule has 9 nitrogen and oxygen atoms in total. The first-order chi connectivity index (χ1) is 15.1. The van der Waals surface area contributed by atoms with Gasteiger partial charge in [0.15, 0.2) is 6.29 Å². The number of hydrogen-bond acceptors (Lipinski definition) is 7. The number of ether oxygens (including phenoxy) is 1. The Balaban J connectivity index is 1.61. The highest BCUT2D eigenvalue weighted by Crippen LogP contribution is 2.26. The van der Waals surface area contributed by atoms with Gasteiger partial charge in [-0.2, -0.15) is 0 Å². The second kappa shape index (κ2) is 8.72. The van der Waals surface area contributed by atoms with Crippen molar-refractivity contribution in [3.05, 3.63) is 82.0 Å². The summed E-state index contributed by atoms with van der Waals surface area (Å²) in [4.78, 5) is 44.4. The molecule has 0 spiro atoms. The van der Waals surface area contributed by atoms with E-state index >= 15 is 0 Å². The van der Waals surface area contributed by atoms with Gasteiger partial charge in [-0.3, -0.25) is 23.8 Å². The number of aldehydes is 1. The molecular formula is C22H18N4O5. The molecule has 0 bridgehead atoms. The maximum absolute atomic E-state index is 12.6. The number of benzene rings is 1. The van der Waals surface area contributed by atoms with E-state index in [1.807, 2.05) is 0 Å². The van der Waals surface area contributed by atoms with Crippen LogP contribution in [0.5, 0.6) is 5.75 Å². The van der Waals surface area contributed by atoms with Crippen LogP contribution in [0.25, 0.3) is 16.6 Å². The van der Waals surface area contributed by atoms with Crippen molar-refractivity contribution in [2.45, 2.75) is 6.54 Å². The van der Waals surface area contributed by atoms with E-state index in [0.29, 0.717) is 39.7 Å². The van der Waals surface area contributed by atoms with E-state index in [2.05, 4.69) is 15.3 Å². The van der Waals surface area contributed by atoms with Crippen LogP contribution in [-0.4, -0.2) is 44.9 Å². The van der Waals surface area contributed by atoms with Crippen molar-refractivity contribution in [1.29, 1.82) is 0 Å². The van der Waals surface area contributed by atoms with Crippen LogP contribution < -0.4 is 15.6 Å². The number of aliphatic hydroxyl groups is 1. The summed E-state index contributed by atoms with van der Waals surface area (Å²) in [5.74, 6) is -0.0727. The molecule has 4 aromatic rings. The molecule has 3 heterocycles. The van der Waals surface area contributed by atoms with Gasteiger partial charge in [0.25, 0.3) is 11.5 Å². The summed E-state index contributed by atoms with van der Waals surface area (Å²) in [7, 11) is 0. The average molecular weight is 418 g/mol. The summed E-state index contributed by atoms with van der Waals surface area (Å²) in [5.41, 5.74) is 1.67. The van der Waals surface area contributed by atoms with Gasteiger partial charge in [-0.05, 0) is 35.9 Å². The highest BCUT2D eigenvalue weighted by molar-refractivity contribution is 5.93. The minimum Gasteiger partial charge on any atom is -0.489 e. The quantitative estimate of drug-likeness (QED) is 0.434. The third kappa shape index (κ3) is 4.26. The molecule has 0 aliphatic rings. The van der Waals surface area contributed by atoms with Gasteiger partial charge < -0.3 is 15.2 Å². The topological polar surface area (TPSA) is 123 Å². The predicted molar refractivity (Wildman–Crippen MR) is 112 cm³/mol. The van der Waals surface area contributed by atoms with Crippen LogP contribution in [0, 0.1) is 0 Å². The number of hydrogen-bond donors (Lipinski definition) is 2. The Morgan fingerprint density at radius 2 is 2.10 bits per heavy atom. The standard InChI is InChI=1S/C22H18N4O5/c27-5-6-31-18-9-14(7-16-8-15(13-28)12-23-21(16)18)11-24-22(30)17-10-20(29)26-4-2-1-3-19(26)25-17/h1-4,7-10,12-13,27H,5-6,11H2,(H,24,30). The summed E-state index contributed by atoms with van der Waals surface area (Å²) in [6.45, 7) is 0.0381. The summed E-state index contributed by atoms with van der Waals surface area (Å²) in [6, 6.07) is 11.4. The van der Waals surface area contributed by atoms with Crippen LogP contribution in [0.2, 0.25) is 0 Å². The number of carbonyl (C=O) groups is 2. The Morgan fingerprint density at radius 3 is 2.90 bits per heavy atom. The van der Waals surface area contributed by atoms with E-state index in [9.17, 15) is 14.4 Å². The molecule has 31 heavy (non-hydrogen) atoms. The third-order valence-electron chi connectivity index (χ3n) is 4.57. The lowest BCUT2D eigenvalue weighted by Crippen LogP contribution is -2.27. The molecule has 0 unspecified atom stereocenters. The fourth-order valence-corrected chi connectivity index (χ4v) is 3.17. The molecule has 0 aliphatic heterocycles. The summed E-state index contributed by atoms with van der Waals surface area (Å²) < 4.78 is 6.92. The number of nitrogens with zero attached hydrogens (tertiary/aromatic N) is 3. The second-order valence-electron chi connectivity index (χ2n) is 6.72. The van der Waals surface area contributed by atoms with E-state index in [1.54, 1.807) is 42.6 Å². The van der Waals surface area contributed by atoms with Gasteiger partial charge in [0.1, 0.15) is 29.2 Å². The Labute approximate surface area is 176 Å². The molecular weight excluding hydrogens is 400 g/mol. The minimum absolute atomic E-state index is 0.0126. The molecule has 0 saturated carbocycles. The van der Waals surface area contributed by atoms with Crippen LogP contribution in [-0.2, 0) is 6.54 Å². The van der Waals surface area contributed by atoms with Crippen LogP contribution >= 0.6 is 0 Å². The number of nitrogens with one attached hydrogen (secondary N) is 1. The van der Waals surface area contributed by atoms with E-state index in [0.717, 1.165) is 0 Å². The smallest absolute Gasteiger partial charge is 0.270 e. The molecule has 0 atom stereocenters. The molecule has 2 N–H and O–H groups in total. The molecule has 156 valence electrons. The van der Waals surface area contributed by atoms with Gasteiger partial charge in [-0.25, -0.2) is 4.98 Å². The number of amides is 1. The third-order valence-corrected chi connectivity index (χ3v) is 4.57. The summed E-state index contributed by atoms with van der Waals surface area (Å²) in [5, 5.41) is 12.5. The van der Waals surface area contributed by atoms with Gasteiger partial charge in [0, 0.05) is 36.0 Å². The number of aromatic nitrogens is 3. The van der Waals surface area contributed by atoms with Gasteiger partial charge in [-0.1, -0.05) is 6.07 Å². The van der Waals surface area contributed by atoms with Crippen LogP contribution in [0.3, 0.4) is 0 Å². The molecule has 9 heteroatoms. The number of aliphatic hydroxyl groups excluding tert-OH is 1. The lowest BCUT2D eigenvalue weighted by atomic mass is 10.1. The average Bonchev–Trinajstić information content (AvgIpc) is 2.80. The molecule has 1 aromatic carbocycles. The zero-order valence-electron chi connectivity index (χ0n) is 16.3. The van der Waals surface area contributed by atoms with Gasteiger partial charge in [-0.15, -0.1) is 0 Å². The molecule has 1 amide bonds. The molecule has 0 aliphatic carbocycles. The van der Waals surface area contributed by atoms with Crippen molar-refractivity contribution in [2.24, 2.45) is 0 Å². The Hall–Kier alpha value is -4.11. The maximum Gasteiger partial charge on any atom is 0.270 e.